The summed E-state index contributed by atoms with van der Waals surface area (Å²) in [7, 11) is 0. The first kappa shape index (κ1) is 26.9. The highest BCUT2D eigenvalue weighted by Gasteiger charge is 2.39. The topological polar surface area (TPSA) is 43.8 Å². The molecule has 4 aromatic carbocycles. The Bertz CT molecular complexity index is 1380. The molecule has 4 aromatic rings. The molecular formula is C29H24Cl2F2N2O2S. The van der Waals surface area contributed by atoms with E-state index in [0.717, 1.165) is 17.2 Å². The average molecular weight is 573 g/mol. The minimum atomic E-state index is -2.26. The summed E-state index contributed by atoms with van der Waals surface area (Å²) < 4.78 is 52.0. The van der Waals surface area contributed by atoms with Gasteiger partial charge in [-0.25, -0.2) is 13.0 Å². The van der Waals surface area contributed by atoms with E-state index < -0.39 is 22.9 Å². The third-order valence-electron chi connectivity index (χ3n) is 6.75. The molecule has 5 rings (SSSR count). The Labute approximate surface area is 232 Å². The highest BCUT2D eigenvalue weighted by atomic mass is 35.5. The fourth-order valence-corrected chi connectivity index (χ4v) is 5.80. The van der Waals surface area contributed by atoms with E-state index in [9.17, 15) is 17.5 Å². The van der Waals surface area contributed by atoms with Gasteiger partial charge >= 0.3 is 0 Å². The van der Waals surface area contributed by atoms with Crippen LogP contribution in [-0.4, -0.2) is 37.1 Å². The van der Waals surface area contributed by atoms with Crippen LogP contribution in [0.5, 0.6) is 0 Å². The molecule has 4 nitrogen and oxygen atoms in total. The summed E-state index contributed by atoms with van der Waals surface area (Å²) >= 11 is 9.99. The molecule has 1 heterocycles. The summed E-state index contributed by atoms with van der Waals surface area (Å²) in [5.41, 5.74) is 3.78. The van der Waals surface area contributed by atoms with Gasteiger partial charge in [-0.1, -0.05) is 71.7 Å². The minimum Gasteiger partial charge on any atom is -0.294 e. The van der Waals surface area contributed by atoms with E-state index in [1.54, 1.807) is 24.3 Å². The van der Waals surface area contributed by atoms with Gasteiger partial charge in [0.05, 0.1) is 12.1 Å². The van der Waals surface area contributed by atoms with Crippen molar-refractivity contribution in [3.05, 3.63) is 129 Å². The first-order chi connectivity index (χ1) is 18.3. The van der Waals surface area contributed by atoms with Crippen LogP contribution in [-0.2, 0) is 17.8 Å². The van der Waals surface area contributed by atoms with Crippen molar-refractivity contribution < 1.29 is 17.5 Å². The van der Waals surface area contributed by atoms with E-state index in [1.165, 1.54) is 16.4 Å². The van der Waals surface area contributed by atoms with Crippen molar-refractivity contribution in [3.8, 4) is 11.1 Å². The maximum Gasteiger partial charge on any atom is 0.235 e. The molecule has 1 N–H and O–H groups in total. The van der Waals surface area contributed by atoms with Crippen molar-refractivity contribution in [1.29, 1.82) is 0 Å². The molecule has 0 radical (unpaired) electrons. The van der Waals surface area contributed by atoms with Gasteiger partial charge in [0.15, 0.2) is 0 Å². The Balaban J connectivity index is 1.39. The molecule has 1 unspecified atom stereocenters. The van der Waals surface area contributed by atoms with Crippen LogP contribution in [0.1, 0.15) is 22.7 Å². The third kappa shape index (κ3) is 5.99. The van der Waals surface area contributed by atoms with E-state index in [0.29, 0.717) is 39.8 Å². The number of nitrogens with zero attached hydrogens (tertiary/aromatic N) is 2. The number of likely N-dealkylation sites (tertiary alicyclic amines) is 1. The zero-order valence-electron chi connectivity index (χ0n) is 20.1. The fraction of sp³-hybridized carbons (Fsp3) is 0.172. The molecule has 1 aliphatic heterocycles. The average Bonchev–Trinajstić information content (AvgIpc) is 2.86. The molecule has 0 saturated carbocycles. The lowest BCUT2D eigenvalue weighted by Gasteiger charge is -2.48. The van der Waals surface area contributed by atoms with E-state index in [1.807, 2.05) is 48.5 Å². The summed E-state index contributed by atoms with van der Waals surface area (Å²) in [5, 5.41) is 1.28. The van der Waals surface area contributed by atoms with Gasteiger partial charge in [0.25, 0.3) is 0 Å². The first-order valence-electron chi connectivity index (χ1n) is 12.0. The molecule has 1 atom stereocenters. The highest BCUT2D eigenvalue weighted by Crippen LogP contribution is 2.36. The lowest BCUT2D eigenvalue weighted by Crippen LogP contribution is -2.60. The van der Waals surface area contributed by atoms with Crippen molar-refractivity contribution >= 4 is 34.5 Å². The monoisotopic (exact) mass is 572 g/mol. The zero-order chi connectivity index (χ0) is 26.8. The predicted octanol–water partition coefficient (Wildman–Crippen LogP) is 7.35. The second-order valence-electron chi connectivity index (χ2n) is 9.23. The van der Waals surface area contributed by atoms with Gasteiger partial charge in [-0.15, -0.1) is 0 Å². The van der Waals surface area contributed by atoms with Gasteiger partial charge in [-0.2, -0.15) is 4.31 Å². The number of benzene rings is 4. The van der Waals surface area contributed by atoms with Crippen LogP contribution in [0.2, 0.25) is 10.0 Å². The van der Waals surface area contributed by atoms with E-state index in [-0.39, 0.29) is 18.6 Å². The number of rotatable bonds is 8. The predicted molar refractivity (Wildman–Crippen MR) is 148 cm³/mol. The summed E-state index contributed by atoms with van der Waals surface area (Å²) in [6.45, 7) is 1.22. The van der Waals surface area contributed by atoms with Crippen molar-refractivity contribution in [3.63, 3.8) is 0 Å². The van der Waals surface area contributed by atoms with Crippen molar-refractivity contribution in [1.82, 2.24) is 9.21 Å². The molecule has 1 fully saturated rings. The van der Waals surface area contributed by atoms with Crippen LogP contribution in [0.15, 0.2) is 91.0 Å². The lowest BCUT2D eigenvalue weighted by atomic mass is 9.93. The largest absolute Gasteiger partial charge is 0.294 e. The Hall–Kier alpha value is -2.65. The van der Waals surface area contributed by atoms with Crippen molar-refractivity contribution in [2.24, 2.45) is 0 Å². The smallest absolute Gasteiger partial charge is 0.235 e. The molecule has 0 spiro atoms. The molecular weight excluding hydrogens is 549 g/mol. The van der Waals surface area contributed by atoms with Crippen LogP contribution < -0.4 is 0 Å². The number of hydrogen-bond acceptors (Lipinski definition) is 2. The van der Waals surface area contributed by atoms with Crippen molar-refractivity contribution in [2.45, 2.75) is 18.6 Å². The standard InChI is InChI=1S/C29H24Cl2F2N2O2S/c30-23-9-5-19(6-10-23)29(20-7-11-24(31)12-8-20)34-17-27(18-34)35(38(36)37)16-21-3-1-2-4-28(21)22-13-25(32)15-26(33)14-22/h1-15,27,29H,16-18H2,(H,36,37). The lowest BCUT2D eigenvalue weighted by molar-refractivity contribution is 0.0498. The Morgan fingerprint density at radius 3 is 1.92 bits per heavy atom. The van der Waals surface area contributed by atoms with E-state index in [2.05, 4.69) is 4.90 Å². The highest BCUT2D eigenvalue weighted by molar-refractivity contribution is 7.76. The molecule has 38 heavy (non-hydrogen) atoms. The van der Waals surface area contributed by atoms with E-state index >= 15 is 0 Å². The maximum atomic E-state index is 13.9. The zero-order valence-corrected chi connectivity index (χ0v) is 22.4. The SMILES string of the molecule is O=S(O)N(Cc1ccccc1-c1cc(F)cc(F)c1)C1CN(C(c2ccc(Cl)cc2)c2ccc(Cl)cc2)C1. The van der Waals surface area contributed by atoms with Crippen LogP contribution in [0.4, 0.5) is 8.78 Å². The molecule has 0 aliphatic carbocycles. The quantitative estimate of drug-likeness (QED) is 0.224. The summed E-state index contributed by atoms with van der Waals surface area (Å²) in [6, 6.07) is 25.5. The molecule has 196 valence electrons. The summed E-state index contributed by atoms with van der Waals surface area (Å²) in [5.74, 6) is -1.36. The van der Waals surface area contributed by atoms with Crippen LogP contribution in [0, 0.1) is 11.6 Å². The van der Waals surface area contributed by atoms with Gasteiger partial charge in [-0.05, 0) is 64.2 Å². The van der Waals surface area contributed by atoms with Gasteiger partial charge in [0, 0.05) is 35.7 Å². The van der Waals surface area contributed by atoms with Gasteiger partial charge in [0.2, 0.25) is 11.3 Å². The van der Waals surface area contributed by atoms with E-state index in [4.69, 9.17) is 23.2 Å². The van der Waals surface area contributed by atoms with Crippen LogP contribution >= 0.6 is 23.2 Å². The van der Waals surface area contributed by atoms with Crippen molar-refractivity contribution in [2.75, 3.05) is 13.1 Å². The third-order valence-corrected chi connectivity index (χ3v) is 8.08. The summed E-state index contributed by atoms with van der Waals surface area (Å²) in [6.07, 6.45) is 0. The second-order valence-corrected chi connectivity index (χ2v) is 11.0. The number of halogens is 4. The van der Waals surface area contributed by atoms with Gasteiger partial charge < -0.3 is 0 Å². The maximum absolute atomic E-state index is 13.9. The Morgan fingerprint density at radius 2 is 1.39 bits per heavy atom. The molecule has 0 aromatic heterocycles. The summed E-state index contributed by atoms with van der Waals surface area (Å²) in [4.78, 5) is 2.23. The molecule has 1 saturated heterocycles. The van der Waals surface area contributed by atoms with Crippen LogP contribution in [0.3, 0.4) is 0 Å². The molecule has 1 aliphatic rings. The second kappa shape index (κ2) is 11.6. The molecule has 9 heteroatoms. The van der Waals surface area contributed by atoms with Gasteiger partial charge in [0.1, 0.15) is 11.6 Å². The van der Waals surface area contributed by atoms with Crippen LogP contribution in [0.25, 0.3) is 11.1 Å². The molecule has 0 bridgehead atoms. The fourth-order valence-electron chi connectivity index (χ4n) is 4.91. The first-order valence-corrected chi connectivity index (χ1v) is 13.8. The van der Waals surface area contributed by atoms with Gasteiger partial charge in [-0.3, -0.25) is 9.45 Å². The molecule has 0 amide bonds. The Kier molecular flexibility index (Phi) is 8.23. The normalized spacial score (nSPS) is 15.1. The number of hydrogen-bond donors (Lipinski definition) is 1. The minimum absolute atomic E-state index is 0.0858. The Morgan fingerprint density at radius 1 is 0.868 bits per heavy atom.